The molecular formula is C42H30. The molecule has 0 spiro atoms. The first-order chi connectivity index (χ1) is 20.9. The van der Waals surface area contributed by atoms with Crippen molar-refractivity contribution >= 4 is 43.1 Å². The Hall–Kier alpha value is -5.20. The van der Waals surface area contributed by atoms with E-state index in [1.54, 1.807) is 0 Å². The summed E-state index contributed by atoms with van der Waals surface area (Å²) in [6, 6.07) is 62.8. The Morgan fingerprint density at radius 3 is 0.690 bits per heavy atom. The van der Waals surface area contributed by atoms with Gasteiger partial charge in [-0.1, -0.05) is 170 Å². The molecule has 0 bridgehead atoms. The molecule has 198 valence electrons. The third-order valence-corrected chi connectivity index (χ3v) is 8.97. The second kappa shape index (κ2) is 10.3. The van der Waals surface area contributed by atoms with Gasteiger partial charge in [0.1, 0.15) is 0 Å². The minimum atomic E-state index is 0.0683. The van der Waals surface area contributed by atoms with Crippen LogP contribution in [0, 0.1) is 0 Å². The van der Waals surface area contributed by atoms with Crippen LogP contribution in [0.15, 0.2) is 170 Å². The molecule has 8 aromatic carbocycles. The van der Waals surface area contributed by atoms with E-state index in [9.17, 15) is 0 Å². The monoisotopic (exact) mass is 534 g/mol. The van der Waals surface area contributed by atoms with Gasteiger partial charge in [0.25, 0.3) is 0 Å². The van der Waals surface area contributed by atoms with Gasteiger partial charge in [-0.05, 0) is 65.3 Å². The van der Waals surface area contributed by atoms with Crippen molar-refractivity contribution < 1.29 is 0 Å². The zero-order valence-corrected chi connectivity index (χ0v) is 23.3. The van der Waals surface area contributed by atoms with Crippen LogP contribution >= 0.6 is 0 Å². The lowest BCUT2D eigenvalue weighted by Gasteiger charge is -2.33. The predicted octanol–water partition coefficient (Wildman–Crippen LogP) is 11.3. The number of fused-ring (bicyclic) bond motifs is 4. The largest absolute Gasteiger partial charge is 0.0616 e. The predicted molar refractivity (Wildman–Crippen MR) is 179 cm³/mol. The van der Waals surface area contributed by atoms with Crippen LogP contribution in [0.2, 0.25) is 0 Å². The summed E-state index contributed by atoms with van der Waals surface area (Å²) in [4.78, 5) is 0. The maximum atomic E-state index is 2.36. The summed E-state index contributed by atoms with van der Waals surface area (Å²) in [6.07, 6.45) is 0. The van der Waals surface area contributed by atoms with E-state index in [0.717, 1.165) is 0 Å². The summed E-state index contributed by atoms with van der Waals surface area (Å²) in [5.74, 6) is 0.137. The highest BCUT2D eigenvalue weighted by Crippen LogP contribution is 2.49. The molecule has 0 radical (unpaired) electrons. The maximum absolute atomic E-state index is 2.36. The summed E-state index contributed by atoms with van der Waals surface area (Å²) >= 11 is 0. The highest BCUT2D eigenvalue weighted by atomic mass is 14.3. The molecule has 8 rings (SSSR count). The number of rotatable bonds is 5. The highest BCUT2D eigenvalue weighted by Gasteiger charge is 2.32. The molecule has 0 atom stereocenters. The van der Waals surface area contributed by atoms with E-state index in [0.29, 0.717) is 0 Å². The van der Waals surface area contributed by atoms with Crippen molar-refractivity contribution in [2.75, 3.05) is 0 Å². The smallest absolute Gasteiger partial charge is 0.0211 e. The van der Waals surface area contributed by atoms with Crippen molar-refractivity contribution in [2.24, 2.45) is 0 Å². The van der Waals surface area contributed by atoms with E-state index in [1.165, 1.54) is 65.3 Å². The molecule has 0 nitrogen and oxygen atoms in total. The molecule has 0 aliphatic carbocycles. The SMILES string of the molecule is c1ccc2c(C(c3cccc4ccccc34)C(c3cccc4ccccc34)c3cccc4ccccc34)cccc2c1. The lowest BCUT2D eigenvalue weighted by Crippen LogP contribution is -2.16. The fourth-order valence-electron chi connectivity index (χ4n) is 7.14. The Kier molecular flexibility index (Phi) is 6.04. The third kappa shape index (κ3) is 4.07. The fraction of sp³-hybridized carbons (Fsp3) is 0.0476. The maximum Gasteiger partial charge on any atom is 0.0211 e. The molecule has 0 saturated heterocycles. The topological polar surface area (TPSA) is 0 Å². The Morgan fingerprint density at radius 2 is 0.429 bits per heavy atom. The molecule has 0 heterocycles. The van der Waals surface area contributed by atoms with Gasteiger partial charge in [0.2, 0.25) is 0 Å². The van der Waals surface area contributed by atoms with Crippen molar-refractivity contribution in [3.05, 3.63) is 192 Å². The molecule has 0 N–H and O–H groups in total. The van der Waals surface area contributed by atoms with E-state index in [4.69, 9.17) is 0 Å². The highest BCUT2D eigenvalue weighted by molar-refractivity contribution is 5.94. The lowest BCUT2D eigenvalue weighted by atomic mass is 9.70. The molecule has 0 unspecified atom stereocenters. The second-order valence-electron chi connectivity index (χ2n) is 11.2. The van der Waals surface area contributed by atoms with E-state index >= 15 is 0 Å². The molecule has 0 saturated carbocycles. The number of hydrogen-bond acceptors (Lipinski definition) is 0. The van der Waals surface area contributed by atoms with Crippen molar-refractivity contribution in [1.29, 1.82) is 0 Å². The summed E-state index contributed by atoms with van der Waals surface area (Å²) in [5.41, 5.74) is 5.43. The van der Waals surface area contributed by atoms with E-state index in [-0.39, 0.29) is 11.8 Å². The summed E-state index contributed by atoms with van der Waals surface area (Å²) in [7, 11) is 0. The normalized spacial score (nSPS) is 11.8. The minimum absolute atomic E-state index is 0.0683. The quantitative estimate of drug-likeness (QED) is 0.206. The first-order valence-corrected chi connectivity index (χ1v) is 14.8. The van der Waals surface area contributed by atoms with Crippen molar-refractivity contribution in [1.82, 2.24) is 0 Å². The first kappa shape index (κ1) is 24.6. The van der Waals surface area contributed by atoms with E-state index in [1.807, 2.05) is 0 Å². The van der Waals surface area contributed by atoms with E-state index in [2.05, 4.69) is 170 Å². The second-order valence-corrected chi connectivity index (χ2v) is 11.2. The Morgan fingerprint density at radius 1 is 0.214 bits per heavy atom. The Balaban J connectivity index is 1.55. The van der Waals surface area contributed by atoms with Crippen LogP contribution in [0.1, 0.15) is 34.1 Å². The molecule has 0 fully saturated rings. The molecule has 42 heavy (non-hydrogen) atoms. The average molecular weight is 535 g/mol. The van der Waals surface area contributed by atoms with Gasteiger partial charge in [-0.15, -0.1) is 0 Å². The molecule has 0 aliphatic heterocycles. The zero-order chi connectivity index (χ0) is 27.9. The first-order valence-electron chi connectivity index (χ1n) is 14.8. The van der Waals surface area contributed by atoms with E-state index < -0.39 is 0 Å². The standard InChI is InChI=1S/C42H30/c1-5-21-33-29(13-1)17-9-25-37(33)41(38-26-10-18-30-14-2-6-22-34(30)38)42(39-27-11-19-31-15-3-7-23-35(31)39)40-28-12-20-32-16-4-8-24-36(32)40/h1-28,41-42H. The summed E-state index contributed by atoms with van der Waals surface area (Å²) in [5, 5.41) is 10.3. The molecule has 8 aromatic rings. The minimum Gasteiger partial charge on any atom is -0.0616 e. The van der Waals surface area contributed by atoms with Gasteiger partial charge in [0.15, 0.2) is 0 Å². The molecule has 0 aromatic heterocycles. The van der Waals surface area contributed by atoms with Crippen LogP contribution in [-0.2, 0) is 0 Å². The average Bonchev–Trinajstić information content (AvgIpc) is 3.06. The van der Waals surface area contributed by atoms with Gasteiger partial charge in [0.05, 0.1) is 0 Å². The van der Waals surface area contributed by atoms with Gasteiger partial charge in [-0.2, -0.15) is 0 Å². The van der Waals surface area contributed by atoms with Crippen LogP contribution in [0.4, 0.5) is 0 Å². The van der Waals surface area contributed by atoms with Crippen molar-refractivity contribution in [3.63, 3.8) is 0 Å². The van der Waals surface area contributed by atoms with Gasteiger partial charge in [-0.25, -0.2) is 0 Å². The van der Waals surface area contributed by atoms with Gasteiger partial charge >= 0.3 is 0 Å². The van der Waals surface area contributed by atoms with Gasteiger partial charge < -0.3 is 0 Å². The fourth-order valence-corrected chi connectivity index (χ4v) is 7.14. The lowest BCUT2D eigenvalue weighted by molar-refractivity contribution is 0.713. The van der Waals surface area contributed by atoms with Crippen LogP contribution < -0.4 is 0 Å². The zero-order valence-electron chi connectivity index (χ0n) is 23.3. The Labute approximate surface area is 246 Å². The van der Waals surface area contributed by atoms with Gasteiger partial charge in [-0.3, -0.25) is 0 Å². The van der Waals surface area contributed by atoms with Crippen LogP contribution in [0.25, 0.3) is 43.1 Å². The van der Waals surface area contributed by atoms with Crippen LogP contribution in [0.3, 0.4) is 0 Å². The molecule has 0 heteroatoms. The van der Waals surface area contributed by atoms with Crippen LogP contribution in [0.5, 0.6) is 0 Å². The van der Waals surface area contributed by atoms with Crippen molar-refractivity contribution in [3.8, 4) is 0 Å². The Bertz CT molecular complexity index is 1880. The molecule has 0 aliphatic rings. The van der Waals surface area contributed by atoms with Crippen molar-refractivity contribution in [2.45, 2.75) is 11.8 Å². The number of hydrogen-bond donors (Lipinski definition) is 0. The number of benzene rings is 8. The van der Waals surface area contributed by atoms with Gasteiger partial charge in [0, 0.05) is 11.8 Å². The summed E-state index contributed by atoms with van der Waals surface area (Å²) < 4.78 is 0. The third-order valence-electron chi connectivity index (χ3n) is 8.97. The summed E-state index contributed by atoms with van der Waals surface area (Å²) in [6.45, 7) is 0. The van der Waals surface area contributed by atoms with Crippen LogP contribution in [-0.4, -0.2) is 0 Å². The molecule has 0 amide bonds. The molecular weight excluding hydrogens is 504 g/mol.